The molecule has 0 unspecified atom stereocenters. The summed E-state index contributed by atoms with van der Waals surface area (Å²) >= 11 is 14.3. The fourth-order valence-corrected chi connectivity index (χ4v) is 4.01. The zero-order chi connectivity index (χ0) is 14.9. The molecule has 0 fully saturated rings. The largest absolute Gasteiger partial charge is 0.293 e. The first-order chi connectivity index (χ1) is 9.38. The van der Waals surface area contributed by atoms with E-state index in [9.17, 15) is 9.59 Å². The minimum Gasteiger partial charge on any atom is -0.293 e. The van der Waals surface area contributed by atoms with Crippen molar-refractivity contribution in [1.29, 1.82) is 0 Å². The average Bonchev–Trinajstić information content (AvgIpc) is 2.91. The molecule has 2 aromatic heterocycles. The van der Waals surface area contributed by atoms with Crippen LogP contribution in [0.1, 0.15) is 42.6 Å². The van der Waals surface area contributed by atoms with Crippen molar-refractivity contribution in [3.8, 4) is 0 Å². The van der Waals surface area contributed by atoms with Crippen LogP contribution in [0.5, 0.6) is 0 Å². The Morgan fingerprint density at radius 3 is 1.95 bits per heavy atom. The normalized spacial score (nSPS) is 10.8. The fraction of sp³-hybridized carbons (Fsp3) is 0.286. The molecule has 0 spiro atoms. The minimum absolute atomic E-state index is 0.00769. The number of Topliss-reactive ketones (excluding diaryl/α,β-unsaturated/α-hetero) is 2. The van der Waals surface area contributed by atoms with Crippen molar-refractivity contribution in [3.63, 3.8) is 0 Å². The maximum atomic E-state index is 12.0. The van der Waals surface area contributed by atoms with Crippen molar-refractivity contribution < 1.29 is 9.59 Å². The van der Waals surface area contributed by atoms with E-state index in [0.29, 0.717) is 14.2 Å². The highest BCUT2D eigenvalue weighted by Crippen LogP contribution is 2.32. The van der Waals surface area contributed by atoms with Gasteiger partial charge in [0.25, 0.3) is 0 Å². The molecule has 0 saturated carbocycles. The summed E-state index contributed by atoms with van der Waals surface area (Å²) in [5.74, 6) is -0.0875. The summed E-state index contributed by atoms with van der Waals surface area (Å²) in [4.78, 5) is 26.3. The van der Waals surface area contributed by atoms with E-state index >= 15 is 0 Å². The summed E-state index contributed by atoms with van der Waals surface area (Å²) in [7, 11) is 0. The predicted octanol–water partition coefficient (Wildman–Crippen LogP) is 5.58. The highest BCUT2D eigenvalue weighted by molar-refractivity contribution is 7.18. The van der Waals surface area contributed by atoms with Gasteiger partial charge in [-0.05, 0) is 31.5 Å². The Morgan fingerprint density at radius 2 is 1.55 bits per heavy atom. The van der Waals surface area contributed by atoms with E-state index in [0.717, 1.165) is 26.7 Å². The molecule has 0 bridgehead atoms. The smallest absolute Gasteiger partial charge is 0.173 e. The van der Waals surface area contributed by atoms with E-state index in [1.165, 1.54) is 11.3 Å². The number of aryl methyl sites for hydroxylation is 2. The van der Waals surface area contributed by atoms with Gasteiger partial charge in [0, 0.05) is 17.7 Å². The first-order valence-electron chi connectivity index (χ1n) is 5.96. The molecule has 0 radical (unpaired) electrons. The van der Waals surface area contributed by atoms with Crippen LogP contribution in [-0.4, -0.2) is 11.6 Å². The summed E-state index contributed by atoms with van der Waals surface area (Å²) in [5.41, 5.74) is 1.11. The number of rotatable bonds is 5. The molecule has 0 aliphatic rings. The second kappa shape index (κ2) is 6.39. The molecule has 0 amide bonds. The number of hydrogen-bond donors (Lipinski definition) is 0. The maximum Gasteiger partial charge on any atom is 0.173 e. The first-order valence-corrected chi connectivity index (χ1v) is 8.35. The summed E-state index contributed by atoms with van der Waals surface area (Å²) in [6, 6.07) is 3.44. The minimum atomic E-state index is -0.0952. The Balaban J connectivity index is 1.98. The molecular formula is C14H12Cl2O2S2. The molecule has 0 aliphatic carbocycles. The van der Waals surface area contributed by atoms with E-state index in [1.807, 2.05) is 19.9 Å². The SMILES string of the molecule is Cc1cc(C(=O)CCC(=O)c2cc(Cl)c(Cl)s2)sc1C. The molecule has 0 atom stereocenters. The number of halogens is 2. The van der Waals surface area contributed by atoms with Crippen molar-refractivity contribution in [3.05, 3.63) is 41.7 Å². The van der Waals surface area contributed by atoms with Crippen LogP contribution in [0.15, 0.2) is 12.1 Å². The molecule has 0 saturated heterocycles. The van der Waals surface area contributed by atoms with Gasteiger partial charge in [0.15, 0.2) is 11.6 Å². The second-order valence-corrected chi connectivity index (χ2v) is 7.75. The zero-order valence-electron chi connectivity index (χ0n) is 11.0. The van der Waals surface area contributed by atoms with Crippen molar-refractivity contribution in [2.45, 2.75) is 26.7 Å². The summed E-state index contributed by atoms with van der Waals surface area (Å²) in [6.07, 6.45) is 0.396. The van der Waals surface area contributed by atoms with Gasteiger partial charge in [-0.3, -0.25) is 9.59 Å². The Kier molecular flexibility index (Phi) is 5.02. The topological polar surface area (TPSA) is 34.1 Å². The molecule has 106 valence electrons. The Bertz CT molecular complexity index is 574. The van der Waals surface area contributed by atoms with Gasteiger partial charge >= 0.3 is 0 Å². The van der Waals surface area contributed by atoms with E-state index in [-0.39, 0.29) is 24.4 Å². The van der Waals surface area contributed by atoms with E-state index < -0.39 is 0 Å². The highest BCUT2D eigenvalue weighted by Gasteiger charge is 2.16. The second-order valence-electron chi connectivity index (χ2n) is 4.43. The van der Waals surface area contributed by atoms with Gasteiger partial charge in [-0.2, -0.15) is 0 Å². The van der Waals surface area contributed by atoms with Crippen molar-refractivity contribution >= 4 is 57.4 Å². The quantitative estimate of drug-likeness (QED) is 0.662. The molecule has 20 heavy (non-hydrogen) atoms. The maximum absolute atomic E-state index is 12.0. The summed E-state index contributed by atoms with van der Waals surface area (Å²) in [5, 5.41) is 0.385. The van der Waals surface area contributed by atoms with Crippen LogP contribution in [0, 0.1) is 13.8 Å². The lowest BCUT2D eigenvalue weighted by atomic mass is 10.1. The monoisotopic (exact) mass is 346 g/mol. The van der Waals surface area contributed by atoms with Gasteiger partial charge in [-0.25, -0.2) is 0 Å². The first kappa shape index (κ1) is 15.7. The van der Waals surface area contributed by atoms with Crippen molar-refractivity contribution in [2.24, 2.45) is 0 Å². The van der Waals surface area contributed by atoms with Crippen LogP contribution in [0.3, 0.4) is 0 Å². The number of ketones is 2. The van der Waals surface area contributed by atoms with E-state index in [1.54, 1.807) is 6.07 Å². The lowest BCUT2D eigenvalue weighted by Gasteiger charge is -1.97. The van der Waals surface area contributed by atoms with Gasteiger partial charge in [-0.1, -0.05) is 23.2 Å². The molecule has 0 N–H and O–H groups in total. The van der Waals surface area contributed by atoms with Gasteiger partial charge < -0.3 is 0 Å². The zero-order valence-corrected chi connectivity index (χ0v) is 14.1. The molecule has 0 aromatic carbocycles. The summed E-state index contributed by atoms with van der Waals surface area (Å²) < 4.78 is 0.408. The Labute approximate surface area is 135 Å². The molecule has 0 aliphatic heterocycles. The van der Waals surface area contributed by atoms with Gasteiger partial charge in [0.1, 0.15) is 4.34 Å². The molecule has 6 heteroatoms. The fourth-order valence-electron chi connectivity index (χ4n) is 1.67. The van der Waals surface area contributed by atoms with Crippen LogP contribution < -0.4 is 0 Å². The number of carbonyl (C=O) groups excluding carboxylic acids is 2. The third-order valence-electron chi connectivity index (χ3n) is 2.94. The lowest BCUT2D eigenvalue weighted by molar-refractivity contribution is 0.0921. The van der Waals surface area contributed by atoms with Gasteiger partial charge in [0.2, 0.25) is 0 Å². The van der Waals surface area contributed by atoms with Crippen molar-refractivity contribution in [1.82, 2.24) is 0 Å². The standard InChI is InChI=1S/C14H12Cl2O2S2/c1-7-5-12(19-8(7)2)10(17)3-4-11(18)13-6-9(15)14(16)20-13/h5-6H,3-4H2,1-2H3. The van der Waals surface area contributed by atoms with Gasteiger partial charge in [0.05, 0.1) is 14.8 Å². The number of carbonyl (C=O) groups is 2. The molecule has 2 rings (SSSR count). The number of thiophene rings is 2. The van der Waals surface area contributed by atoms with E-state index in [4.69, 9.17) is 23.2 Å². The van der Waals surface area contributed by atoms with E-state index in [2.05, 4.69) is 0 Å². The lowest BCUT2D eigenvalue weighted by Crippen LogP contribution is -2.02. The van der Waals surface area contributed by atoms with Crippen molar-refractivity contribution in [2.75, 3.05) is 0 Å². The third-order valence-corrected chi connectivity index (χ3v) is 6.04. The van der Waals surface area contributed by atoms with Crippen LogP contribution in [0.4, 0.5) is 0 Å². The molecule has 2 aromatic rings. The average molecular weight is 347 g/mol. The Morgan fingerprint density at radius 1 is 1.00 bits per heavy atom. The molecular weight excluding hydrogens is 335 g/mol. The third kappa shape index (κ3) is 3.50. The number of hydrogen-bond acceptors (Lipinski definition) is 4. The predicted molar refractivity (Wildman–Crippen MR) is 86.0 cm³/mol. The van der Waals surface area contributed by atoms with Crippen LogP contribution in [-0.2, 0) is 0 Å². The van der Waals surface area contributed by atoms with Gasteiger partial charge in [-0.15, -0.1) is 22.7 Å². The van der Waals surface area contributed by atoms with Crippen LogP contribution >= 0.6 is 45.9 Å². The highest BCUT2D eigenvalue weighted by atomic mass is 35.5. The molecule has 2 heterocycles. The Hall–Kier alpha value is -0.680. The van der Waals surface area contributed by atoms with Crippen LogP contribution in [0.25, 0.3) is 0 Å². The van der Waals surface area contributed by atoms with Crippen LogP contribution in [0.2, 0.25) is 9.36 Å². The molecule has 2 nitrogen and oxygen atoms in total. The summed E-state index contributed by atoms with van der Waals surface area (Å²) in [6.45, 7) is 3.96.